The first-order valence-corrected chi connectivity index (χ1v) is 9.75. The molecular formula is C22H31NO3. The first kappa shape index (κ1) is 20.2. The van der Waals surface area contributed by atoms with E-state index in [1.165, 1.54) is 5.56 Å². The van der Waals surface area contributed by atoms with Crippen molar-refractivity contribution in [3.8, 4) is 0 Å². The van der Waals surface area contributed by atoms with Gasteiger partial charge in [0.25, 0.3) is 0 Å². The fourth-order valence-electron chi connectivity index (χ4n) is 3.39. The van der Waals surface area contributed by atoms with Gasteiger partial charge in [-0.2, -0.15) is 0 Å². The van der Waals surface area contributed by atoms with Crippen LogP contribution >= 0.6 is 0 Å². The largest absolute Gasteiger partial charge is 0.466 e. The number of hydrogen-bond acceptors (Lipinski definition) is 3. The third kappa shape index (κ3) is 6.01. The number of amides is 1. The van der Waals surface area contributed by atoms with E-state index in [4.69, 9.17) is 4.74 Å². The van der Waals surface area contributed by atoms with Crippen LogP contribution in [0.5, 0.6) is 0 Å². The third-order valence-corrected chi connectivity index (χ3v) is 4.93. The zero-order valence-electron chi connectivity index (χ0n) is 16.2. The zero-order valence-corrected chi connectivity index (χ0v) is 16.2. The van der Waals surface area contributed by atoms with E-state index >= 15 is 0 Å². The van der Waals surface area contributed by atoms with E-state index in [1.807, 2.05) is 23.1 Å². The van der Waals surface area contributed by atoms with Crippen LogP contribution in [0.4, 0.5) is 0 Å². The smallest absolute Gasteiger partial charge is 0.307 e. The summed E-state index contributed by atoms with van der Waals surface area (Å²) >= 11 is 0. The second-order valence-electron chi connectivity index (χ2n) is 7.18. The standard InChI is InChI=1S/C22H31NO3/c1-4-26-22(25)15-16-23(20-7-5-6-8-20)21(24)14-11-18-9-12-19(13-10-18)17(2)3/h9-14,17,20H,4-8,15-16H2,1-3H3/b14-11+. The van der Waals surface area contributed by atoms with E-state index in [2.05, 4.69) is 26.0 Å². The molecule has 0 spiro atoms. The van der Waals surface area contributed by atoms with Crippen LogP contribution in [-0.4, -0.2) is 36.0 Å². The normalized spacial score (nSPS) is 14.9. The van der Waals surface area contributed by atoms with Crippen LogP contribution in [0.3, 0.4) is 0 Å². The van der Waals surface area contributed by atoms with Gasteiger partial charge in [-0.25, -0.2) is 0 Å². The lowest BCUT2D eigenvalue weighted by atomic mass is 10.0. The molecule has 4 nitrogen and oxygen atoms in total. The third-order valence-electron chi connectivity index (χ3n) is 4.93. The zero-order chi connectivity index (χ0) is 18.9. The van der Waals surface area contributed by atoms with Gasteiger partial charge in [-0.15, -0.1) is 0 Å². The summed E-state index contributed by atoms with van der Waals surface area (Å²) in [5.74, 6) is 0.237. The van der Waals surface area contributed by atoms with E-state index in [9.17, 15) is 9.59 Å². The van der Waals surface area contributed by atoms with Gasteiger partial charge in [0, 0.05) is 18.7 Å². The van der Waals surface area contributed by atoms with E-state index in [-0.39, 0.29) is 24.3 Å². The van der Waals surface area contributed by atoms with E-state index in [0.717, 1.165) is 31.2 Å². The van der Waals surface area contributed by atoms with Gasteiger partial charge in [0.05, 0.1) is 13.0 Å². The molecule has 26 heavy (non-hydrogen) atoms. The van der Waals surface area contributed by atoms with Crippen molar-refractivity contribution in [3.63, 3.8) is 0 Å². The highest BCUT2D eigenvalue weighted by Crippen LogP contribution is 2.24. The molecular weight excluding hydrogens is 326 g/mol. The fourth-order valence-corrected chi connectivity index (χ4v) is 3.39. The Hall–Kier alpha value is -2.10. The van der Waals surface area contributed by atoms with Gasteiger partial charge in [-0.3, -0.25) is 9.59 Å². The number of ether oxygens (including phenoxy) is 1. The Kier molecular flexibility index (Phi) is 7.89. The molecule has 1 aliphatic carbocycles. The molecule has 142 valence electrons. The molecule has 1 aliphatic rings. The lowest BCUT2D eigenvalue weighted by Gasteiger charge is -2.27. The Bertz CT molecular complexity index is 613. The molecule has 0 unspecified atom stereocenters. The van der Waals surface area contributed by atoms with Gasteiger partial charge >= 0.3 is 5.97 Å². The molecule has 0 aliphatic heterocycles. The van der Waals surface area contributed by atoms with Crippen LogP contribution in [0, 0.1) is 0 Å². The maximum atomic E-state index is 12.7. The lowest BCUT2D eigenvalue weighted by molar-refractivity contribution is -0.144. The fraction of sp³-hybridized carbons (Fsp3) is 0.545. The van der Waals surface area contributed by atoms with E-state index in [1.54, 1.807) is 13.0 Å². The van der Waals surface area contributed by atoms with Crippen molar-refractivity contribution >= 4 is 18.0 Å². The first-order chi connectivity index (χ1) is 12.5. The van der Waals surface area contributed by atoms with Gasteiger partial charge in [0.15, 0.2) is 0 Å². The molecule has 1 fully saturated rings. The highest BCUT2D eigenvalue weighted by Gasteiger charge is 2.25. The summed E-state index contributed by atoms with van der Waals surface area (Å²) in [5.41, 5.74) is 2.30. The number of esters is 1. The number of rotatable bonds is 8. The molecule has 0 radical (unpaired) electrons. The predicted molar refractivity (Wildman–Crippen MR) is 105 cm³/mol. The molecule has 4 heteroatoms. The Balaban J connectivity index is 2.01. The summed E-state index contributed by atoms with van der Waals surface area (Å²) in [4.78, 5) is 26.3. The number of hydrogen-bond donors (Lipinski definition) is 0. The van der Waals surface area contributed by atoms with Crippen molar-refractivity contribution in [1.82, 2.24) is 4.90 Å². The second kappa shape index (κ2) is 10.1. The number of nitrogens with zero attached hydrogens (tertiary/aromatic N) is 1. The minimum atomic E-state index is -0.239. The molecule has 1 saturated carbocycles. The summed E-state index contributed by atoms with van der Waals surface area (Å²) in [6, 6.07) is 8.52. The molecule has 0 aromatic heterocycles. The summed E-state index contributed by atoms with van der Waals surface area (Å²) < 4.78 is 5.00. The van der Waals surface area contributed by atoms with Crippen molar-refractivity contribution < 1.29 is 14.3 Å². The minimum Gasteiger partial charge on any atom is -0.466 e. The van der Waals surface area contributed by atoms with Crippen molar-refractivity contribution in [2.45, 2.75) is 64.8 Å². The molecule has 0 saturated heterocycles. The molecule has 0 atom stereocenters. The predicted octanol–water partition coefficient (Wildman–Crippen LogP) is 4.55. The highest BCUT2D eigenvalue weighted by molar-refractivity contribution is 5.92. The van der Waals surface area contributed by atoms with Crippen molar-refractivity contribution in [2.75, 3.05) is 13.2 Å². The average molecular weight is 357 g/mol. The first-order valence-electron chi connectivity index (χ1n) is 9.75. The van der Waals surface area contributed by atoms with Gasteiger partial charge in [-0.1, -0.05) is 51.0 Å². The molecule has 1 aromatic rings. The number of benzene rings is 1. The van der Waals surface area contributed by atoms with Crippen molar-refractivity contribution in [3.05, 3.63) is 41.5 Å². The topological polar surface area (TPSA) is 46.6 Å². The van der Waals surface area contributed by atoms with Gasteiger partial charge in [-0.05, 0) is 42.9 Å². The second-order valence-corrected chi connectivity index (χ2v) is 7.18. The Morgan fingerprint density at radius 3 is 2.42 bits per heavy atom. The van der Waals surface area contributed by atoms with Crippen molar-refractivity contribution in [2.24, 2.45) is 0 Å². The van der Waals surface area contributed by atoms with Crippen LogP contribution in [-0.2, 0) is 14.3 Å². The van der Waals surface area contributed by atoms with Crippen molar-refractivity contribution in [1.29, 1.82) is 0 Å². The summed E-state index contributed by atoms with van der Waals surface area (Å²) in [7, 11) is 0. The number of carbonyl (C=O) groups excluding carboxylic acids is 2. The molecule has 0 bridgehead atoms. The maximum absolute atomic E-state index is 12.7. The Morgan fingerprint density at radius 1 is 1.19 bits per heavy atom. The van der Waals surface area contributed by atoms with Crippen LogP contribution in [0.2, 0.25) is 0 Å². The Labute approximate surface area is 157 Å². The molecule has 1 amide bonds. The number of carbonyl (C=O) groups is 2. The highest BCUT2D eigenvalue weighted by atomic mass is 16.5. The monoisotopic (exact) mass is 357 g/mol. The van der Waals surface area contributed by atoms with Gasteiger partial charge < -0.3 is 9.64 Å². The summed E-state index contributed by atoms with van der Waals surface area (Å²) in [6.45, 7) is 6.93. The van der Waals surface area contributed by atoms with Crippen LogP contribution in [0.15, 0.2) is 30.3 Å². The SMILES string of the molecule is CCOC(=O)CCN(C(=O)/C=C/c1ccc(C(C)C)cc1)C1CCCC1. The van der Waals surface area contributed by atoms with Crippen LogP contribution in [0.1, 0.15) is 69.9 Å². The molecule has 1 aromatic carbocycles. The van der Waals surface area contributed by atoms with E-state index in [0.29, 0.717) is 19.1 Å². The Morgan fingerprint density at radius 2 is 1.85 bits per heavy atom. The molecule has 2 rings (SSSR count). The van der Waals surface area contributed by atoms with Gasteiger partial charge in [0.2, 0.25) is 5.91 Å². The molecule has 0 heterocycles. The summed E-state index contributed by atoms with van der Waals surface area (Å²) in [6.07, 6.45) is 8.08. The quantitative estimate of drug-likeness (QED) is 0.506. The maximum Gasteiger partial charge on any atom is 0.307 e. The lowest BCUT2D eigenvalue weighted by Crippen LogP contribution is -2.39. The van der Waals surface area contributed by atoms with Crippen LogP contribution < -0.4 is 0 Å². The van der Waals surface area contributed by atoms with Gasteiger partial charge in [0.1, 0.15) is 0 Å². The average Bonchev–Trinajstić information content (AvgIpc) is 3.15. The molecule has 0 N–H and O–H groups in total. The summed E-state index contributed by atoms with van der Waals surface area (Å²) in [5, 5.41) is 0. The van der Waals surface area contributed by atoms with Crippen LogP contribution in [0.25, 0.3) is 6.08 Å². The van der Waals surface area contributed by atoms with E-state index < -0.39 is 0 Å². The minimum absolute atomic E-state index is 0.0193.